The summed E-state index contributed by atoms with van der Waals surface area (Å²) in [5, 5.41) is -0.409. The van der Waals surface area contributed by atoms with E-state index in [9.17, 15) is 18.0 Å². The highest BCUT2D eigenvalue weighted by Gasteiger charge is 2.53. The Bertz CT molecular complexity index is 1080. The Hall–Kier alpha value is -1.70. The van der Waals surface area contributed by atoms with Crippen LogP contribution in [0.5, 0.6) is 0 Å². The van der Waals surface area contributed by atoms with Gasteiger partial charge in [-0.05, 0) is 88.4 Å². The lowest BCUT2D eigenvalue weighted by Crippen LogP contribution is -2.49. The van der Waals surface area contributed by atoms with Crippen LogP contribution in [-0.4, -0.2) is 14.5 Å². The number of aromatic amines is 1. The molecule has 0 spiro atoms. The van der Waals surface area contributed by atoms with Crippen molar-refractivity contribution < 1.29 is 13.2 Å². The van der Waals surface area contributed by atoms with Crippen LogP contribution in [0.2, 0.25) is 0 Å². The normalized spacial score (nSPS) is 31.2. The zero-order chi connectivity index (χ0) is 20.7. The van der Waals surface area contributed by atoms with Crippen LogP contribution in [0.15, 0.2) is 10.9 Å². The number of hydrogen-bond acceptors (Lipinski definition) is 3. The van der Waals surface area contributed by atoms with Gasteiger partial charge in [-0.1, -0.05) is 0 Å². The molecule has 4 aliphatic rings. The Morgan fingerprint density at radius 3 is 2.21 bits per heavy atom. The molecule has 2 aromatic heterocycles. The van der Waals surface area contributed by atoms with E-state index in [1.54, 1.807) is 4.57 Å². The van der Waals surface area contributed by atoms with Crippen LogP contribution in [0, 0.1) is 22.5 Å². The van der Waals surface area contributed by atoms with Crippen LogP contribution in [0.1, 0.15) is 69.7 Å². The molecule has 0 radical (unpaired) electrons. The fourth-order valence-corrected chi connectivity index (χ4v) is 7.03. The highest BCUT2D eigenvalue weighted by atomic mass is 32.1. The van der Waals surface area contributed by atoms with E-state index < -0.39 is 22.7 Å². The molecule has 8 heteroatoms. The largest absolute Gasteiger partial charge is 0.417 e. The minimum Gasteiger partial charge on any atom is -0.300 e. The number of hydrogen-bond donors (Lipinski definition) is 1. The van der Waals surface area contributed by atoms with Crippen molar-refractivity contribution in [3.8, 4) is 0 Å². The van der Waals surface area contributed by atoms with Gasteiger partial charge in [-0.3, -0.25) is 14.3 Å². The molecule has 1 N–H and O–H groups in total. The van der Waals surface area contributed by atoms with Crippen LogP contribution in [0.3, 0.4) is 0 Å². The third-order valence-corrected chi connectivity index (χ3v) is 7.60. The Morgan fingerprint density at radius 2 is 1.72 bits per heavy atom. The van der Waals surface area contributed by atoms with Gasteiger partial charge in [-0.2, -0.15) is 13.2 Å². The van der Waals surface area contributed by atoms with Gasteiger partial charge in [0.15, 0.2) is 4.77 Å². The first-order valence-corrected chi connectivity index (χ1v) is 10.8. The van der Waals surface area contributed by atoms with Gasteiger partial charge in [0.1, 0.15) is 5.65 Å². The fourth-order valence-electron chi connectivity index (χ4n) is 6.64. The predicted molar refractivity (Wildman–Crippen MR) is 106 cm³/mol. The van der Waals surface area contributed by atoms with Crippen molar-refractivity contribution in [3.63, 3.8) is 0 Å². The molecule has 4 fully saturated rings. The Morgan fingerprint density at radius 1 is 1.17 bits per heavy atom. The van der Waals surface area contributed by atoms with Gasteiger partial charge in [0.25, 0.3) is 5.56 Å². The number of nitrogens with one attached hydrogen (secondary N) is 1. The minimum atomic E-state index is -4.64. The molecular weight excluding hydrogens is 399 g/mol. The summed E-state index contributed by atoms with van der Waals surface area (Å²) in [5.41, 5.74) is -1.44. The monoisotopic (exact) mass is 423 g/mol. The summed E-state index contributed by atoms with van der Waals surface area (Å²) >= 11 is 5.28. The SMILES string of the molecule is CC(C)n1c(=S)[nH]c(=O)c2c(C(F)(F)F)cc(C34CC5CC(CC(C5)C3)C4)nc21. The van der Waals surface area contributed by atoms with E-state index >= 15 is 0 Å². The first-order valence-electron chi connectivity index (χ1n) is 10.3. The van der Waals surface area contributed by atoms with Crippen molar-refractivity contribution in [2.24, 2.45) is 17.8 Å². The van der Waals surface area contributed by atoms with Gasteiger partial charge >= 0.3 is 6.18 Å². The van der Waals surface area contributed by atoms with Crippen LogP contribution in [-0.2, 0) is 11.6 Å². The third kappa shape index (κ3) is 2.89. The predicted octanol–water partition coefficient (Wildman–Crippen LogP) is 5.52. The molecule has 4 saturated carbocycles. The summed E-state index contributed by atoms with van der Waals surface area (Å²) < 4.78 is 43.9. The standard InChI is InChI=1S/C21H24F3N3OS/c1-10(2)27-17-16(18(28)26-19(27)29)14(21(22,23)24)6-15(25-17)20-7-11-3-12(8-20)5-13(4-11)9-20/h6,10-13H,3-5,7-9H2,1-2H3,(H,26,28,29). The van der Waals surface area contributed by atoms with Crippen molar-refractivity contribution in [2.75, 3.05) is 0 Å². The number of H-pyrrole nitrogens is 1. The van der Waals surface area contributed by atoms with Crippen molar-refractivity contribution in [3.05, 3.63) is 32.4 Å². The molecule has 2 heterocycles. The second kappa shape index (κ2) is 6.15. The molecule has 4 nitrogen and oxygen atoms in total. The molecule has 0 saturated heterocycles. The summed E-state index contributed by atoms with van der Waals surface area (Å²) in [7, 11) is 0. The second-order valence-corrected chi connectivity index (χ2v) is 10.1. The number of alkyl halides is 3. The Labute approximate surface area is 171 Å². The number of aromatic nitrogens is 3. The third-order valence-electron chi connectivity index (χ3n) is 7.30. The summed E-state index contributed by atoms with van der Waals surface area (Å²) in [6, 6.07) is 0.945. The van der Waals surface area contributed by atoms with E-state index in [2.05, 4.69) is 4.98 Å². The van der Waals surface area contributed by atoms with Gasteiger partial charge < -0.3 is 0 Å². The van der Waals surface area contributed by atoms with E-state index in [0.717, 1.165) is 19.3 Å². The summed E-state index contributed by atoms with van der Waals surface area (Å²) in [4.78, 5) is 19.7. The van der Waals surface area contributed by atoms with Crippen LogP contribution >= 0.6 is 12.2 Å². The average Bonchev–Trinajstić information content (AvgIpc) is 2.58. The van der Waals surface area contributed by atoms with Gasteiger partial charge in [-0.15, -0.1) is 0 Å². The highest BCUT2D eigenvalue weighted by Crippen LogP contribution is 2.60. The van der Waals surface area contributed by atoms with Crippen LogP contribution in [0.25, 0.3) is 11.0 Å². The molecule has 0 aliphatic heterocycles. The summed E-state index contributed by atoms with van der Waals surface area (Å²) in [6.45, 7) is 3.67. The molecule has 29 heavy (non-hydrogen) atoms. The van der Waals surface area contributed by atoms with E-state index in [0.29, 0.717) is 23.4 Å². The van der Waals surface area contributed by atoms with Gasteiger partial charge in [0.05, 0.1) is 10.9 Å². The molecular formula is C21H24F3N3OS. The number of halogens is 3. The lowest BCUT2D eigenvalue weighted by Gasteiger charge is -2.56. The van der Waals surface area contributed by atoms with Crippen molar-refractivity contribution >= 4 is 23.3 Å². The number of rotatable bonds is 2. The van der Waals surface area contributed by atoms with Crippen LogP contribution < -0.4 is 5.56 Å². The first-order chi connectivity index (χ1) is 13.6. The van der Waals surface area contributed by atoms with Gasteiger partial charge in [0, 0.05) is 17.2 Å². The Balaban J connectivity index is 1.83. The zero-order valence-electron chi connectivity index (χ0n) is 16.5. The van der Waals surface area contributed by atoms with Crippen molar-refractivity contribution in [1.82, 2.24) is 14.5 Å². The van der Waals surface area contributed by atoms with Crippen molar-refractivity contribution in [2.45, 2.75) is 70.0 Å². The van der Waals surface area contributed by atoms with E-state index in [1.165, 1.54) is 25.3 Å². The lowest BCUT2D eigenvalue weighted by atomic mass is 9.48. The highest BCUT2D eigenvalue weighted by molar-refractivity contribution is 7.71. The quantitative estimate of drug-likeness (QED) is 0.647. The van der Waals surface area contributed by atoms with E-state index in [1.807, 2.05) is 13.8 Å². The number of pyridine rings is 1. The number of nitrogens with zero attached hydrogens (tertiary/aromatic N) is 2. The maximum Gasteiger partial charge on any atom is 0.417 e. The Kier molecular flexibility index (Phi) is 4.09. The smallest absolute Gasteiger partial charge is 0.300 e. The molecule has 6 rings (SSSR count). The molecule has 4 bridgehead atoms. The molecule has 0 atom stereocenters. The zero-order valence-corrected chi connectivity index (χ0v) is 17.3. The van der Waals surface area contributed by atoms with Crippen LogP contribution in [0.4, 0.5) is 13.2 Å². The minimum absolute atomic E-state index is 0.0642. The summed E-state index contributed by atoms with van der Waals surface area (Å²) in [6.07, 6.45) is 1.66. The van der Waals surface area contributed by atoms with Crippen molar-refractivity contribution in [1.29, 1.82) is 0 Å². The molecule has 2 aromatic rings. The lowest BCUT2D eigenvalue weighted by molar-refractivity contribution is -0.136. The number of fused-ring (bicyclic) bond motifs is 1. The van der Waals surface area contributed by atoms with Gasteiger partial charge in [0.2, 0.25) is 0 Å². The van der Waals surface area contributed by atoms with Gasteiger partial charge in [-0.25, -0.2) is 4.98 Å². The first kappa shape index (κ1) is 19.3. The van der Waals surface area contributed by atoms with E-state index in [-0.39, 0.29) is 21.9 Å². The second-order valence-electron chi connectivity index (χ2n) is 9.67. The maximum atomic E-state index is 14.1. The fraction of sp³-hybridized carbons (Fsp3) is 0.667. The molecule has 0 amide bonds. The molecule has 156 valence electrons. The molecule has 0 unspecified atom stereocenters. The molecule has 0 aromatic carbocycles. The topological polar surface area (TPSA) is 50.7 Å². The van der Waals surface area contributed by atoms with E-state index in [4.69, 9.17) is 17.2 Å². The molecule has 4 aliphatic carbocycles. The summed E-state index contributed by atoms with van der Waals surface area (Å²) in [5.74, 6) is 1.75. The maximum absolute atomic E-state index is 14.1. The average molecular weight is 424 g/mol.